The van der Waals surface area contributed by atoms with Crippen molar-refractivity contribution in [2.75, 3.05) is 40.4 Å². The molecule has 0 bridgehead atoms. The maximum atomic E-state index is 5.47. The van der Waals surface area contributed by atoms with Crippen molar-refractivity contribution in [3.05, 3.63) is 22.2 Å². The highest BCUT2D eigenvalue weighted by Crippen LogP contribution is 2.39. The first-order valence-corrected chi connectivity index (χ1v) is 8.36. The van der Waals surface area contributed by atoms with Gasteiger partial charge in [-0.05, 0) is 24.1 Å². The van der Waals surface area contributed by atoms with E-state index in [1.165, 1.54) is 5.56 Å². The van der Waals surface area contributed by atoms with E-state index in [-0.39, 0.29) is 0 Å². The smallest absolute Gasteiger partial charge is 0.161 e. The molecule has 1 N–H and O–H groups in total. The van der Waals surface area contributed by atoms with Crippen LogP contribution >= 0.6 is 15.9 Å². The Morgan fingerprint density at radius 3 is 2.38 bits per heavy atom. The number of ether oxygens (including phenoxy) is 2. The lowest BCUT2D eigenvalue weighted by Gasteiger charge is -2.36. The van der Waals surface area contributed by atoms with Crippen LogP contribution in [-0.4, -0.2) is 45.3 Å². The van der Waals surface area contributed by atoms with Gasteiger partial charge in [-0.2, -0.15) is 0 Å². The zero-order chi connectivity index (χ0) is 15.2. The lowest BCUT2D eigenvalue weighted by atomic mass is 9.99. The molecule has 1 aromatic rings. The van der Waals surface area contributed by atoms with E-state index in [1.807, 2.05) is 6.07 Å². The zero-order valence-electron chi connectivity index (χ0n) is 13.1. The molecule has 0 saturated carbocycles. The minimum Gasteiger partial charge on any atom is -0.493 e. The fraction of sp³-hybridized carbons (Fsp3) is 0.625. The fourth-order valence-corrected chi connectivity index (χ4v) is 3.51. The van der Waals surface area contributed by atoms with Crippen molar-refractivity contribution in [3.8, 4) is 11.5 Å². The number of piperazine rings is 1. The molecular weight excluding hydrogens is 332 g/mol. The largest absolute Gasteiger partial charge is 0.493 e. The number of halogens is 1. The van der Waals surface area contributed by atoms with Crippen LogP contribution in [0.2, 0.25) is 0 Å². The van der Waals surface area contributed by atoms with E-state index >= 15 is 0 Å². The summed E-state index contributed by atoms with van der Waals surface area (Å²) in [5, 5.41) is 3.42. The van der Waals surface area contributed by atoms with E-state index in [1.54, 1.807) is 14.2 Å². The third-order valence-corrected chi connectivity index (χ3v) is 4.70. The normalized spacial score (nSPS) is 17.5. The van der Waals surface area contributed by atoms with Crippen LogP contribution in [0.5, 0.6) is 11.5 Å². The molecule has 21 heavy (non-hydrogen) atoms. The van der Waals surface area contributed by atoms with Crippen molar-refractivity contribution in [1.29, 1.82) is 0 Å². The summed E-state index contributed by atoms with van der Waals surface area (Å²) in [6.07, 6.45) is 2.31. The fourth-order valence-electron chi connectivity index (χ4n) is 2.93. The van der Waals surface area contributed by atoms with Crippen LogP contribution < -0.4 is 14.8 Å². The molecule has 1 aromatic carbocycles. The van der Waals surface area contributed by atoms with E-state index in [0.717, 1.165) is 55.0 Å². The minimum atomic E-state index is 0.422. The minimum absolute atomic E-state index is 0.422. The molecule has 0 radical (unpaired) electrons. The van der Waals surface area contributed by atoms with Gasteiger partial charge in [-0.3, -0.25) is 4.90 Å². The van der Waals surface area contributed by atoms with Crippen LogP contribution in [0.25, 0.3) is 0 Å². The van der Waals surface area contributed by atoms with Gasteiger partial charge in [0.1, 0.15) is 0 Å². The van der Waals surface area contributed by atoms with Crippen molar-refractivity contribution in [2.45, 2.75) is 25.8 Å². The van der Waals surface area contributed by atoms with Crippen LogP contribution in [-0.2, 0) is 0 Å². The van der Waals surface area contributed by atoms with E-state index < -0.39 is 0 Å². The van der Waals surface area contributed by atoms with Gasteiger partial charge in [0.2, 0.25) is 0 Å². The molecule has 0 aromatic heterocycles. The summed E-state index contributed by atoms with van der Waals surface area (Å²) in [6, 6.07) is 4.55. The second-order valence-corrected chi connectivity index (χ2v) is 6.17. The quantitative estimate of drug-likeness (QED) is 0.848. The lowest BCUT2D eigenvalue weighted by Crippen LogP contribution is -2.45. The molecule has 118 valence electrons. The second kappa shape index (κ2) is 8.01. The monoisotopic (exact) mass is 356 g/mol. The van der Waals surface area contributed by atoms with Gasteiger partial charge < -0.3 is 14.8 Å². The van der Waals surface area contributed by atoms with E-state index in [0.29, 0.717) is 6.04 Å². The Hall–Kier alpha value is -0.780. The summed E-state index contributed by atoms with van der Waals surface area (Å²) in [5.74, 6) is 1.57. The molecule has 1 saturated heterocycles. The van der Waals surface area contributed by atoms with Gasteiger partial charge in [-0.25, -0.2) is 0 Å². The summed E-state index contributed by atoms with van der Waals surface area (Å²) >= 11 is 3.71. The van der Waals surface area contributed by atoms with Crippen LogP contribution in [0.1, 0.15) is 31.4 Å². The Kier molecular flexibility index (Phi) is 6.33. The molecule has 1 fully saturated rings. The third kappa shape index (κ3) is 3.90. The van der Waals surface area contributed by atoms with Crippen LogP contribution in [0.15, 0.2) is 16.6 Å². The standard InChI is InChI=1S/C16H25BrN2O2/c1-4-5-14(19-8-6-18-7-9-19)12-10-15(20-2)16(21-3)11-13(12)17/h10-11,14,18H,4-9H2,1-3H3/t14-/m1/s1. The number of benzene rings is 1. The molecule has 2 rings (SSSR count). The van der Waals surface area contributed by atoms with Crippen molar-refractivity contribution >= 4 is 15.9 Å². The Morgan fingerprint density at radius 1 is 1.19 bits per heavy atom. The second-order valence-electron chi connectivity index (χ2n) is 5.32. The molecule has 0 spiro atoms. The van der Waals surface area contributed by atoms with Gasteiger partial charge in [0.15, 0.2) is 11.5 Å². The van der Waals surface area contributed by atoms with Gasteiger partial charge in [-0.15, -0.1) is 0 Å². The number of hydrogen-bond acceptors (Lipinski definition) is 4. The molecule has 0 amide bonds. The van der Waals surface area contributed by atoms with E-state index in [2.05, 4.69) is 39.1 Å². The average molecular weight is 357 g/mol. The van der Waals surface area contributed by atoms with Gasteiger partial charge in [0, 0.05) is 36.7 Å². The van der Waals surface area contributed by atoms with Crippen LogP contribution in [0.3, 0.4) is 0 Å². The lowest BCUT2D eigenvalue weighted by molar-refractivity contribution is 0.164. The first-order valence-electron chi connectivity index (χ1n) is 7.57. The number of hydrogen-bond donors (Lipinski definition) is 1. The van der Waals surface area contributed by atoms with Crippen molar-refractivity contribution < 1.29 is 9.47 Å². The molecule has 0 aliphatic carbocycles. The van der Waals surface area contributed by atoms with Crippen LogP contribution in [0, 0.1) is 0 Å². The summed E-state index contributed by atoms with van der Waals surface area (Å²) in [4.78, 5) is 2.56. The van der Waals surface area contributed by atoms with Crippen LogP contribution in [0.4, 0.5) is 0 Å². The molecule has 5 heteroatoms. The van der Waals surface area contributed by atoms with E-state index in [9.17, 15) is 0 Å². The Balaban J connectivity index is 2.34. The highest BCUT2D eigenvalue weighted by molar-refractivity contribution is 9.10. The molecule has 1 aliphatic rings. The van der Waals surface area contributed by atoms with Crippen molar-refractivity contribution in [3.63, 3.8) is 0 Å². The summed E-state index contributed by atoms with van der Waals surface area (Å²) in [6.45, 7) is 6.54. The van der Waals surface area contributed by atoms with Crippen molar-refractivity contribution in [2.24, 2.45) is 0 Å². The highest BCUT2D eigenvalue weighted by atomic mass is 79.9. The van der Waals surface area contributed by atoms with Crippen molar-refractivity contribution in [1.82, 2.24) is 10.2 Å². The maximum absolute atomic E-state index is 5.47. The van der Waals surface area contributed by atoms with Gasteiger partial charge in [-0.1, -0.05) is 29.3 Å². The molecule has 1 heterocycles. The zero-order valence-corrected chi connectivity index (χ0v) is 14.7. The third-order valence-electron chi connectivity index (χ3n) is 4.02. The SMILES string of the molecule is CCC[C@H](c1cc(OC)c(OC)cc1Br)N1CCNCC1. The van der Waals surface area contributed by atoms with Gasteiger partial charge in [0.05, 0.1) is 14.2 Å². The summed E-state index contributed by atoms with van der Waals surface area (Å²) in [5.41, 5.74) is 1.29. The van der Waals surface area contributed by atoms with Gasteiger partial charge in [0.25, 0.3) is 0 Å². The Labute approximate surface area is 135 Å². The maximum Gasteiger partial charge on any atom is 0.161 e. The molecule has 1 atom stereocenters. The average Bonchev–Trinajstić information content (AvgIpc) is 2.53. The molecule has 1 aliphatic heterocycles. The molecule has 0 unspecified atom stereocenters. The Morgan fingerprint density at radius 2 is 1.81 bits per heavy atom. The Bertz CT molecular complexity index is 462. The number of methoxy groups -OCH3 is 2. The topological polar surface area (TPSA) is 33.7 Å². The number of nitrogens with zero attached hydrogens (tertiary/aromatic N) is 1. The summed E-state index contributed by atoms with van der Waals surface area (Å²) < 4.78 is 11.9. The van der Waals surface area contributed by atoms with Gasteiger partial charge >= 0.3 is 0 Å². The number of nitrogens with one attached hydrogen (secondary N) is 1. The predicted octanol–water partition coefficient (Wildman–Crippen LogP) is 3.21. The first-order chi connectivity index (χ1) is 10.2. The molecular formula is C16H25BrN2O2. The summed E-state index contributed by atoms with van der Waals surface area (Å²) in [7, 11) is 3.36. The predicted molar refractivity (Wildman–Crippen MR) is 89.3 cm³/mol. The molecule has 4 nitrogen and oxygen atoms in total. The first kappa shape index (κ1) is 16.6. The highest BCUT2D eigenvalue weighted by Gasteiger charge is 2.24. The number of rotatable bonds is 6. The van der Waals surface area contributed by atoms with E-state index in [4.69, 9.17) is 9.47 Å².